The molecule has 1 N–H and O–H groups in total. The Morgan fingerprint density at radius 1 is 1.04 bits per heavy atom. The standard InChI is InChI=1S/C19H17N3O3/c1-23-16-8-7-12(9-17(16)24-2)19-21-18(25-22-19)10-13-11-20-15-6-4-3-5-14(13)15/h3-9,11,20H,10H2,1-2H3. The van der Waals surface area contributed by atoms with Crippen molar-refractivity contribution < 1.29 is 14.0 Å². The number of H-pyrrole nitrogens is 1. The fourth-order valence-corrected chi connectivity index (χ4v) is 2.86. The van der Waals surface area contributed by atoms with E-state index in [0.717, 1.165) is 22.0 Å². The minimum atomic E-state index is 0.524. The van der Waals surface area contributed by atoms with E-state index >= 15 is 0 Å². The van der Waals surface area contributed by atoms with Gasteiger partial charge in [-0.2, -0.15) is 4.98 Å². The molecule has 2 heterocycles. The predicted octanol–water partition coefficient (Wildman–Crippen LogP) is 3.83. The van der Waals surface area contributed by atoms with Crippen LogP contribution in [0.4, 0.5) is 0 Å². The molecule has 6 heteroatoms. The monoisotopic (exact) mass is 335 g/mol. The Morgan fingerprint density at radius 2 is 1.88 bits per heavy atom. The number of hydrogen-bond acceptors (Lipinski definition) is 5. The lowest BCUT2D eigenvalue weighted by molar-refractivity contribution is 0.355. The zero-order valence-electron chi connectivity index (χ0n) is 13.9. The van der Waals surface area contributed by atoms with Crippen LogP contribution in [0.3, 0.4) is 0 Å². The van der Waals surface area contributed by atoms with Crippen LogP contribution in [-0.2, 0) is 6.42 Å². The highest BCUT2D eigenvalue weighted by Crippen LogP contribution is 2.31. The number of ether oxygens (including phenoxy) is 2. The molecule has 2 aromatic carbocycles. The quantitative estimate of drug-likeness (QED) is 0.600. The lowest BCUT2D eigenvalue weighted by atomic mass is 10.1. The van der Waals surface area contributed by atoms with E-state index in [4.69, 9.17) is 14.0 Å². The van der Waals surface area contributed by atoms with E-state index in [2.05, 4.69) is 21.2 Å². The van der Waals surface area contributed by atoms with E-state index in [-0.39, 0.29) is 0 Å². The van der Waals surface area contributed by atoms with Crippen LogP contribution in [0.15, 0.2) is 53.2 Å². The summed E-state index contributed by atoms with van der Waals surface area (Å²) in [6.45, 7) is 0. The van der Waals surface area contributed by atoms with Gasteiger partial charge in [-0.05, 0) is 29.8 Å². The number of rotatable bonds is 5. The highest BCUT2D eigenvalue weighted by atomic mass is 16.5. The molecule has 4 rings (SSSR count). The average Bonchev–Trinajstić information content (AvgIpc) is 3.29. The van der Waals surface area contributed by atoms with Crippen molar-refractivity contribution >= 4 is 10.9 Å². The van der Waals surface area contributed by atoms with Crippen LogP contribution in [-0.4, -0.2) is 29.3 Å². The molecule has 0 aliphatic carbocycles. The fourth-order valence-electron chi connectivity index (χ4n) is 2.86. The molecule has 4 aromatic rings. The van der Waals surface area contributed by atoms with E-state index in [1.165, 1.54) is 0 Å². The van der Waals surface area contributed by atoms with Crippen molar-refractivity contribution in [2.45, 2.75) is 6.42 Å². The maximum Gasteiger partial charge on any atom is 0.231 e. The summed E-state index contributed by atoms with van der Waals surface area (Å²) >= 11 is 0. The van der Waals surface area contributed by atoms with Gasteiger partial charge in [-0.3, -0.25) is 0 Å². The molecular weight excluding hydrogens is 318 g/mol. The number of nitrogens with zero attached hydrogens (tertiary/aromatic N) is 2. The van der Waals surface area contributed by atoms with Crippen LogP contribution in [0.5, 0.6) is 11.5 Å². The van der Waals surface area contributed by atoms with Crippen molar-refractivity contribution in [2.75, 3.05) is 14.2 Å². The number of fused-ring (bicyclic) bond motifs is 1. The van der Waals surface area contributed by atoms with E-state index in [0.29, 0.717) is 29.6 Å². The van der Waals surface area contributed by atoms with Gasteiger partial charge < -0.3 is 19.0 Å². The van der Waals surface area contributed by atoms with Gasteiger partial charge in [0, 0.05) is 22.7 Å². The summed E-state index contributed by atoms with van der Waals surface area (Å²) in [7, 11) is 3.20. The maximum atomic E-state index is 5.42. The van der Waals surface area contributed by atoms with Crippen LogP contribution in [0.25, 0.3) is 22.3 Å². The number of hydrogen-bond donors (Lipinski definition) is 1. The number of aromatic amines is 1. The molecular formula is C19H17N3O3. The van der Waals surface area contributed by atoms with Gasteiger partial charge in [-0.25, -0.2) is 0 Å². The third kappa shape index (κ3) is 2.82. The molecule has 0 spiro atoms. The molecule has 0 aliphatic heterocycles. The van der Waals surface area contributed by atoms with Gasteiger partial charge in [-0.1, -0.05) is 23.4 Å². The molecule has 0 radical (unpaired) electrons. The van der Waals surface area contributed by atoms with Crippen molar-refractivity contribution in [3.05, 3.63) is 60.1 Å². The normalized spacial score (nSPS) is 11.0. The summed E-state index contributed by atoms with van der Waals surface area (Å²) < 4.78 is 16.0. The largest absolute Gasteiger partial charge is 0.493 e. The number of nitrogens with one attached hydrogen (secondary N) is 1. The highest BCUT2D eigenvalue weighted by Gasteiger charge is 2.14. The molecule has 0 saturated carbocycles. The molecule has 0 fully saturated rings. The Hall–Kier alpha value is -3.28. The second-order valence-electron chi connectivity index (χ2n) is 5.62. The van der Waals surface area contributed by atoms with Crippen molar-refractivity contribution in [2.24, 2.45) is 0 Å². The topological polar surface area (TPSA) is 73.2 Å². The van der Waals surface area contributed by atoms with Crippen LogP contribution >= 0.6 is 0 Å². The number of methoxy groups -OCH3 is 2. The van der Waals surface area contributed by atoms with E-state index in [1.807, 2.05) is 42.6 Å². The summed E-state index contributed by atoms with van der Waals surface area (Å²) in [5, 5.41) is 5.25. The smallest absolute Gasteiger partial charge is 0.231 e. The molecule has 2 aromatic heterocycles. The molecule has 6 nitrogen and oxygen atoms in total. The molecule has 0 atom stereocenters. The highest BCUT2D eigenvalue weighted by molar-refractivity contribution is 5.83. The molecule has 0 bridgehead atoms. The maximum absolute atomic E-state index is 5.42. The predicted molar refractivity (Wildman–Crippen MR) is 93.9 cm³/mol. The second-order valence-corrected chi connectivity index (χ2v) is 5.62. The summed E-state index contributed by atoms with van der Waals surface area (Å²) in [4.78, 5) is 7.76. The summed E-state index contributed by atoms with van der Waals surface area (Å²) in [5.74, 6) is 2.38. The first-order valence-corrected chi connectivity index (χ1v) is 7.88. The second kappa shape index (κ2) is 6.32. The molecule has 25 heavy (non-hydrogen) atoms. The van der Waals surface area contributed by atoms with Gasteiger partial charge in [0.1, 0.15) is 0 Å². The lowest BCUT2D eigenvalue weighted by Gasteiger charge is -2.07. The molecule has 0 saturated heterocycles. The zero-order chi connectivity index (χ0) is 17.2. The van der Waals surface area contributed by atoms with Crippen LogP contribution < -0.4 is 9.47 Å². The molecule has 0 amide bonds. The van der Waals surface area contributed by atoms with Gasteiger partial charge in [0.25, 0.3) is 0 Å². The summed E-state index contributed by atoms with van der Waals surface area (Å²) in [6.07, 6.45) is 2.55. The Balaban J connectivity index is 1.62. The van der Waals surface area contributed by atoms with Crippen molar-refractivity contribution in [3.63, 3.8) is 0 Å². The van der Waals surface area contributed by atoms with Crippen LogP contribution in [0, 0.1) is 0 Å². The zero-order valence-corrected chi connectivity index (χ0v) is 13.9. The van der Waals surface area contributed by atoms with Gasteiger partial charge >= 0.3 is 0 Å². The Labute approximate surface area is 144 Å². The Morgan fingerprint density at radius 3 is 2.72 bits per heavy atom. The third-order valence-corrected chi connectivity index (χ3v) is 4.13. The first kappa shape index (κ1) is 15.3. The molecule has 0 unspecified atom stereocenters. The first-order chi connectivity index (χ1) is 12.3. The van der Waals surface area contributed by atoms with Gasteiger partial charge in [0.2, 0.25) is 11.7 Å². The molecule has 126 valence electrons. The van der Waals surface area contributed by atoms with E-state index < -0.39 is 0 Å². The average molecular weight is 335 g/mol. The number of para-hydroxylation sites is 1. The summed E-state index contributed by atoms with van der Waals surface area (Å²) in [5.41, 5.74) is 3.03. The van der Waals surface area contributed by atoms with Gasteiger partial charge in [0.05, 0.1) is 20.6 Å². The fraction of sp³-hybridized carbons (Fsp3) is 0.158. The van der Waals surface area contributed by atoms with Crippen LogP contribution in [0.1, 0.15) is 11.5 Å². The Kier molecular flexibility index (Phi) is 3.85. The SMILES string of the molecule is COc1ccc(-c2noc(Cc3c[nH]c4ccccc34)n2)cc1OC. The lowest BCUT2D eigenvalue weighted by Crippen LogP contribution is -1.91. The minimum absolute atomic E-state index is 0.524. The number of benzene rings is 2. The van der Waals surface area contributed by atoms with Crippen molar-refractivity contribution in [1.82, 2.24) is 15.1 Å². The van der Waals surface area contributed by atoms with Gasteiger partial charge in [0.15, 0.2) is 11.5 Å². The molecule has 0 aliphatic rings. The van der Waals surface area contributed by atoms with E-state index in [9.17, 15) is 0 Å². The van der Waals surface area contributed by atoms with Gasteiger partial charge in [-0.15, -0.1) is 0 Å². The number of aromatic nitrogens is 3. The Bertz CT molecular complexity index is 1020. The minimum Gasteiger partial charge on any atom is -0.493 e. The van der Waals surface area contributed by atoms with E-state index in [1.54, 1.807) is 14.2 Å². The van der Waals surface area contributed by atoms with Crippen molar-refractivity contribution in [1.29, 1.82) is 0 Å². The summed E-state index contributed by atoms with van der Waals surface area (Å²) in [6, 6.07) is 13.7. The van der Waals surface area contributed by atoms with Crippen molar-refractivity contribution in [3.8, 4) is 22.9 Å². The van der Waals surface area contributed by atoms with Crippen LogP contribution in [0.2, 0.25) is 0 Å². The third-order valence-electron chi connectivity index (χ3n) is 4.13. The first-order valence-electron chi connectivity index (χ1n) is 7.88.